The van der Waals surface area contributed by atoms with Gasteiger partial charge in [0.1, 0.15) is 10.5 Å². The number of aromatic nitrogens is 1. The zero-order chi connectivity index (χ0) is 22.9. The van der Waals surface area contributed by atoms with Gasteiger partial charge in [-0.15, -0.1) is 11.3 Å². The molecule has 0 spiro atoms. The van der Waals surface area contributed by atoms with Crippen LogP contribution in [0.2, 0.25) is 0 Å². The molecule has 33 heavy (non-hydrogen) atoms. The van der Waals surface area contributed by atoms with E-state index in [1.807, 2.05) is 71.3 Å². The third kappa shape index (κ3) is 3.95. The van der Waals surface area contributed by atoms with Gasteiger partial charge in [-0.05, 0) is 49.1 Å². The summed E-state index contributed by atoms with van der Waals surface area (Å²) in [6, 6.07) is 23.7. The Kier molecular flexibility index (Phi) is 5.77. The zero-order valence-corrected chi connectivity index (χ0v) is 19.7. The molecule has 168 valence electrons. The van der Waals surface area contributed by atoms with Crippen molar-refractivity contribution in [2.75, 3.05) is 19.6 Å². The van der Waals surface area contributed by atoms with Gasteiger partial charge in [-0.3, -0.25) is 9.59 Å². The third-order valence-corrected chi connectivity index (χ3v) is 7.46. The first-order valence-corrected chi connectivity index (χ1v) is 12.2. The molecule has 0 aliphatic carbocycles. The van der Waals surface area contributed by atoms with Crippen molar-refractivity contribution in [2.24, 2.45) is 0 Å². The normalized spacial score (nSPS) is 17.3. The van der Waals surface area contributed by atoms with E-state index >= 15 is 0 Å². The lowest BCUT2D eigenvalue weighted by Gasteiger charge is -2.40. The van der Waals surface area contributed by atoms with Gasteiger partial charge in [0, 0.05) is 36.6 Å². The second-order valence-electron chi connectivity index (χ2n) is 8.63. The molecule has 0 N–H and O–H groups in total. The Morgan fingerprint density at radius 3 is 2.33 bits per heavy atom. The zero-order valence-electron chi connectivity index (χ0n) is 18.8. The molecule has 2 aromatic heterocycles. The Morgan fingerprint density at radius 2 is 1.64 bits per heavy atom. The number of benzene rings is 2. The van der Waals surface area contributed by atoms with Gasteiger partial charge < -0.3 is 14.4 Å². The van der Waals surface area contributed by atoms with Crippen LogP contribution in [0, 0.1) is 0 Å². The lowest BCUT2D eigenvalue weighted by atomic mass is 10.1. The molecule has 4 aromatic rings. The molecule has 1 saturated heterocycles. The molecule has 1 aliphatic heterocycles. The summed E-state index contributed by atoms with van der Waals surface area (Å²) in [5, 5.41) is 3.17. The average molecular weight is 458 g/mol. The summed E-state index contributed by atoms with van der Waals surface area (Å²) >= 11 is 1.66. The van der Waals surface area contributed by atoms with E-state index in [-0.39, 0.29) is 23.9 Å². The van der Waals surface area contributed by atoms with E-state index in [4.69, 9.17) is 0 Å². The highest BCUT2D eigenvalue weighted by molar-refractivity contribution is 7.16. The maximum Gasteiger partial charge on any atom is 0.270 e. The van der Waals surface area contributed by atoms with Gasteiger partial charge in [0.05, 0.1) is 6.04 Å². The van der Waals surface area contributed by atoms with Crippen molar-refractivity contribution in [1.29, 1.82) is 0 Å². The fraction of sp³-hybridized carbons (Fsp3) is 0.259. The van der Waals surface area contributed by atoms with E-state index in [1.54, 1.807) is 11.3 Å². The Hall–Kier alpha value is -3.38. The average Bonchev–Trinajstić information content (AvgIpc) is 3.45. The van der Waals surface area contributed by atoms with Crippen molar-refractivity contribution in [3.05, 3.63) is 95.0 Å². The number of hydrogen-bond acceptors (Lipinski definition) is 3. The minimum Gasteiger partial charge on any atom is -0.334 e. The van der Waals surface area contributed by atoms with E-state index in [1.165, 1.54) is 5.56 Å². The van der Waals surface area contributed by atoms with Crippen LogP contribution in [0.1, 0.15) is 46.3 Å². The Bertz CT molecular complexity index is 1280. The lowest BCUT2D eigenvalue weighted by Crippen LogP contribution is -2.55. The van der Waals surface area contributed by atoms with Crippen LogP contribution in [0.4, 0.5) is 0 Å². The van der Waals surface area contributed by atoms with Crippen molar-refractivity contribution in [2.45, 2.75) is 25.9 Å². The molecule has 1 aliphatic rings. The highest BCUT2D eigenvalue weighted by Crippen LogP contribution is 2.32. The second-order valence-corrected chi connectivity index (χ2v) is 9.53. The maximum atomic E-state index is 13.7. The number of nitrogens with zero attached hydrogens (tertiary/aromatic N) is 3. The number of thiophene rings is 1. The van der Waals surface area contributed by atoms with Crippen LogP contribution in [0.5, 0.6) is 0 Å². The van der Waals surface area contributed by atoms with Gasteiger partial charge in [0.15, 0.2) is 0 Å². The Labute approximate surface area is 197 Å². The van der Waals surface area contributed by atoms with Crippen LogP contribution in [-0.2, 0) is 0 Å². The van der Waals surface area contributed by atoms with Crippen LogP contribution in [0.3, 0.4) is 0 Å². The van der Waals surface area contributed by atoms with Gasteiger partial charge in [-0.2, -0.15) is 0 Å². The van der Waals surface area contributed by atoms with Crippen molar-refractivity contribution in [1.82, 2.24) is 14.4 Å². The predicted octanol–water partition coefficient (Wildman–Crippen LogP) is 5.30. The number of amides is 2. The fourth-order valence-corrected chi connectivity index (χ4v) is 5.70. The summed E-state index contributed by atoms with van der Waals surface area (Å²) in [6.45, 7) is 5.75. The summed E-state index contributed by atoms with van der Waals surface area (Å²) < 4.78 is 2.17. The van der Waals surface area contributed by atoms with Gasteiger partial charge >= 0.3 is 0 Å². The Morgan fingerprint density at radius 1 is 0.939 bits per heavy atom. The first-order chi connectivity index (χ1) is 16.0. The number of hydrogen-bond donors (Lipinski definition) is 0. The molecule has 0 unspecified atom stereocenters. The highest BCUT2D eigenvalue weighted by Gasteiger charge is 2.32. The first kappa shape index (κ1) is 21.5. The minimum absolute atomic E-state index is 0.0248. The molecule has 1 fully saturated rings. The van der Waals surface area contributed by atoms with Crippen molar-refractivity contribution >= 4 is 33.4 Å². The van der Waals surface area contributed by atoms with Crippen LogP contribution >= 0.6 is 11.3 Å². The molecule has 2 aromatic carbocycles. The largest absolute Gasteiger partial charge is 0.334 e. The molecular formula is C27H27N3O2S. The van der Waals surface area contributed by atoms with E-state index < -0.39 is 0 Å². The van der Waals surface area contributed by atoms with Gasteiger partial charge in [0.25, 0.3) is 11.8 Å². The second kappa shape index (κ2) is 8.87. The van der Waals surface area contributed by atoms with E-state index in [0.29, 0.717) is 30.9 Å². The van der Waals surface area contributed by atoms with Crippen LogP contribution in [0.25, 0.3) is 10.2 Å². The van der Waals surface area contributed by atoms with Crippen molar-refractivity contribution in [3.8, 4) is 0 Å². The lowest BCUT2D eigenvalue weighted by molar-refractivity contribution is 0.0409. The van der Waals surface area contributed by atoms with Gasteiger partial charge in [-0.1, -0.05) is 48.5 Å². The summed E-state index contributed by atoms with van der Waals surface area (Å²) in [6.07, 6.45) is 0. The molecule has 2 amide bonds. The van der Waals surface area contributed by atoms with Gasteiger partial charge in [-0.25, -0.2) is 0 Å². The smallest absolute Gasteiger partial charge is 0.270 e. The molecule has 3 heterocycles. The summed E-state index contributed by atoms with van der Waals surface area (Å²) in [5.74, 6) is 0.0524. The predicted molar refractivity (Wildman–Crippen MR) is 133 cm³/mol. The summed E-state index contributed by atoms with van der Waals surface area (Å²) in [5.41, 5.74) is 2.57. The SMILES string of the molecule is C[C@H](c1ccccc1)n1c(C(=O)N2CCN(C(=O)c3ccccc3)[C@@H](C)C2)cc2ccsc21. The van der Waals surface area contributed by atoms with E-state index in [9.17, 15) is 9.59 Å². The summed E-state index contributed by atoms with van der Waals surface area (Å²) in [7, 11) is 0. The number of rotatable bonds is 4. The molecular weight excluding hydrogens is 430 g/mol. The van der Waals surface area contributed by atoms with Crippen LogP contribution in [0.15, 0.2) is 78.2 Å². The first-order valence-electron chi connectivity index (χ1n) is 11.3. The van der Waals surface area contributed by atoms with Crippen LogP contribution in [-0.4, -0.2) is 51.9 Å². The van der Waals surface area contributed by atoms with E-state index in [0.717, 1.165) is 10.2 Å². The summed E-state index contributed by atoms with van der Waals surface area (Å²) in [4.78, 5) is 31.6. The number of carbonyl (C=O) groups excluding carboxylic acids is 2. The number of piperazine rings is 1. The number of carbonyl (C=O) groups is 2. The standard InChI is InChI=1S/C27H27N3O2S/c1-19-18-28(14-15-29(19)25(31)22-11-7-4-8-12-22)26(32)24-17-23-13-16-33-27(23)30(24)20(2)21-9-5-3-6-10-21/h3-13,16-17,19-20H,14-15,18H2,1-2H3/t19-,20+/m0/s1. The highest BCUT2D eigenvalue weighted by atomic mass is 32.1. The molecule has 0 saturated carbocycles. The van der Waals surface area contributed by atoms with Crippen molar-refractivity contribution in [3.63, 3.8) is 0 Å². The Balaban J connectivity index is 1.40. The van der Waals surface area contributed by atoms with Crippen LogP contribution < -0.4 is 0 Å². The topological polar surface area (TPSA) is 45.6 Å². The minimum atomic E-state index is -0.0496. The number of fused-ring (bicyclic) bond motifs is 1. The monoisotopic (exact) mass is 457 g/mol. The fourth-order valence-electron chi connectivity index (χ4n) is 4.73. The third-order valence-electron chi connectivity index (χ3n) is 6.53. The molecule has 5 nitrogen and oxygen atoms in total. The molecule has 5 rings (SSSR count). The van der Waals surface area contributed by atoms with E-state index in [2.05, 4.69) is 35.1 Å². The molecule has 2 atom stereocenters. The maximum absolute atomic E-state index is 13.7. The molecule has 0 bridgehead atoms. The van der Waals surface area contributed by atoms with Crippen molar-refractivity contribution < 1.29 is 9.59 Å². The quantitative estimate of drug-likeness (QED) is 0.418. The molecule has 6 heteroatoms. The molecule has 0 radical (unpaired) electrons. The van der Waals surface area contributed by atoms with Gasteiger partial charge in [0.2, 0.25) is 0 Å².